The van der Waals surface area contributed by atoms with E-state index in [-0.39, 0.29) is 24.1 Å². The molecule has 0 bridgehead atoms. The lowest BCUT2D eigenvalue weighted by Crippen LogP contribution is -2.26. The summed E-state index contributed by atoms with van der Waals surface area (Å²) in [5.41, 5.74) is 1.32. The Morgan fingerprint density at radius 2 is 2.06 bits per heavy atom. The molecular weight excluding hydrogens is 246 g/mol. The summed E-state index contributed by atoms with van der Waals surface area (Å²) in [7, 11) is 0. The molecule has 1 heterocycles. The molecule has 2 aliphatic rings. The molecule has 0 atom stereocenters. The second-order valence-electron chi connectivity index (χ2n) is 4.86. The van der Waals surface area contributed by atoms with Crippen LogP contribution in [0.2, 0.25) is 0 Å². The van der Waals surface area contributed by atoms with Gasteiger partial charge >= 0.3 is 5.97 Å². The summed E-state index contributed by atoms with van der Waals surface area (Å²) >= 11 is 1.22. The number of thiophene rings is 1. The normalized spacial score (nSPS) is 22.2. The number of hydrogen-bond acceptors (Lipinski definition) is 2. The van der Waals surface area contributed by atoms with Gasteiger partial charge in [-0.05, 0) is 36.3 Å². The molecule has 1 N–H and O–H groups in total. The van der Waals surface area contributed by atoms with Crippen LogP contribution in [0.4, 0.5) is 8.78 Å². The van der Waals surface area contributed by atoms with E-state index in [0.717, 1.165) is 17.7 Å². The molecular formula is C12H12F2O2S. The van der Waals surface area contributed by atoms with Crippen LogP contribution in [-0.2, 0) is 12.8 Å². The van der Waals surface area contributed by atoms with E-state index >= 15 is 0 Å². The number of aromatic carboxylic acids is 1. The predicted molar refractivity (Wildman–Crippen MR) is 60.2 cm³/mol. The lowest BCUT2D eigenvalue weighted by atomic mass is 9.88. The minimum Gasteiger partial charge on any atom is -0.477 e. The molecule has 2 nitrogen and oxygen atoms in total. The maximum Gasteiger partial charge on any atom is 0.346 e. The van der Waals surface area contributed by atoms with Gasteiger partial charge < -0.3 is 5.11 Å². The second kappa shape index (κ2) is 3.51. The van der Waals surface area contributed by atoms with Gasteiger partial charge in [0.2, 0.25) is 0 Å². The Balaban J connectivity index is 2.09. The number of carboxylic acids is 1. The van der Waals surface area contributed by atoms with Crippen molar-refractivity contribution in [2.45, 2.75) is 43.9 Å². The summed E-state index contributed by atoms with van der Waals surface area (Å²) in [6.07, 6.45) is 1.74. The standard InChI is InChI=1S/C12H12F2O2S/c13-12(14)4-3-7-8(5-12)9(6-1-2-6)17-10(7)11(15)16/h6H,1-5H2,(H,15,16). The van der Waals surface area contributed by atoms with Gasteiger partial charge in [-0.3, -0.25) is 0 Å². The fourth-order valence-corrected chi connectivity index (χ4v) is 3.86. The fourth-order valence-electron chi connectivity index (χ4n) is 2.48. The Hall–Kier alpha value is -0.970. The average Bonchev–Trinajstić information content (AvgIpc) is 2.99. The lowest BCUT2D eigenvalue weighted by molar-refractivity contribution is -0.0124. The van der Waals surface area contributed by atoms with Gasteiger partial charge in [-0.1, -0.05) is 0 Å². The van der Waals surface area contributed by atoms with Gasteiger partial charge in [-0.2, -0.15) is 0 Å². The fraction of sp³-hybridized carbons (Fsp3) is 0.583. The van der Waals surface area contributed by atoms with E-state index in [1.807, 2.05) is 0 Å². The van der Waals surface area contributed by atoms with Crippen molar-refractivity contribution >= 4 is 17.3 Å². The zero-order chi connectivity index (χ0) is 12.2. The van der Waals surface area contributed by atoms with Gasteiger partial charge in [0.15, 0.2) is 0 Å². The van der Waals surface area contributed by atoms with E-state index in [9.17, 15) is 13.6 Å². The Morgan fingerprint density at radius 1 is 1.35 bits per heavy atom. The summed E-state index contributed by atoms with van der Waals surface area (Å²) in [4.78, 5) is 12.3. The van der Waals surface area contributed by atoms with E-state index in [4.69, 9.17) is 5.11 Å². The molecule has 1 saturated carbocycles. The summed E-state index contributed by atoms with van der Waals surface area (Å²) in [6, 6.07) is 0. The highest BCUT2D eigenvalue weighted by Crippen LogP contribution is 2.50. The van der Waals surface area contributed by atoms with Crippen molar-refractivity contribution in [2.24, 2.45) is 0 Å². The van der Waals surface area contributed by atoms with Crippen molar-refractivity contribution in [3.05, 3.63) is 20.9 Å². The van der Waals surface area contributed by atoms with Crippen LogP contribution in [0.15, 0.2) is 0 Å². The van der Waals surface area contributed by atoms with Crippen LogP contribution in [-0.4, -0.2) is 17.0 Å². The van der Waals surface area contributed by atoms with E-state index in [0.29, 0.717) is 17.0 Å². The van der Waals surface area contributed by atoms with Crippen LogP contribution < -0.4 is 0 Å². The Bertz CT molecular complexity index is 489. The van der Waals surface area contributed by atoms with Gasteiger partial charge in [0.1, 0.15) is 4.88 Å². The number of fused-ring (bicyclic) bond motifs is 1. The minimum atomic E-state index is -2.66. The molecule has 17 heavy (non-hydrogen) atoms. The van der Waals surface area contributed by atoms with E-state index in [2.05, 4.69) is 0 Å². The van der Waals surface area contributed by atoms with Crippen LogP contribution in [0.3, 0.4) is 0 Å². The third-order valence-electron chi connectivity index (χ3n) is 3.47. The summed E-state index contributed by atoms with van der Waals surface area (Å²) in [5, 5.41) is 9.11. The maximum absolute atomic E-state index is 13.4. The zero-order valence-electron chi connectivity index (χ0n) is 9.13. The number of halogens is 2. The number of alkyl halides is 2. The molecule has 2 aliphatic carbocycles. The molecule has 1 aromatic heterocycles. The molecule has 1 fully saturated rings. The number of carbonyl (C=O) groups is 1. The summed E-state index contributed by atoms with van der Waals surface area (Å²) in [6.45, 7) is 0. The number of carboxylic acid groups (broad SMARTS) is 1. The first-order valence-electron chi connectivity index (χ1n) is 5.73. The summed E-state index contributed by atoms with van der Waals surface area (Å²) in [5.74, 6) is -3.29. The van der Waals surface area contributed by atoms with E-state index in [1.54, 1.807) is 0 Å². The third kappa shape index (κ3) is 1.86. The second-order valence-corrected chi connectivity index (χ2v) is 5.92. The van der Waals surface area contributed by atoms with Gasteiger partial charge in [-0.15, -0.1) is 11.3 Å². The Kier molecular flexibility index (Phi) is 2.30. The van der Waals surface area contributed by atoms with Crippen molar-refractivity contribution in [3.8, 4) is 0 Å². The molecule has 3 rings (SSSR count). The summed E-state index contributed by atoms with van der Waals surface area (Å²) < 4.78 is 26.8. The lowest BCUT2D eigenvalue weighted by Gasteiger charge is -2.23. The molecule has 0 radical (unpaired) electrons. The number of hydrogen-bond donors (Lipinski definition) is 1. The van der Waals surface area contributed by atoms with Crippen LogP contribution in [0.5, 0.6) is 0 Å². The molecule has 1 aromatic rings. The van der Waals surface area contributed by atoms with Gasteiger partial charge in [0.25, 0.3) is 5.92 Å². The van der Waals surface area contributed by atoms with Crippen LogP contribution in [0.1, 0.15) is 50.9 Å². The first-order chi connectivity index (χ1) is 7.98. The topological polar surface area (TPSA) is 37.3 Å². The maximum atomic E-state index is 13.4. The third-order valence-corrected chi connectivity index (χ3v) is 4.89. The SMILES string of the molecule is O=C(O)c1sc(C2CC2)c2c1CCC(F)(F)C2. The molecule has 0 saturated heterocycles. The van der Waals surface area contributed by atoms with E-state index < -0.39 is 11.9 Å². The van der Waals surface area contributed by atoms with Crippen LogP contribution in [0.25, 0.3) is 0 Å². The quantitative estimate of drug-likeness (QED) is 0.882. The molecule has 0 amide bonds. The van der Waals surface area contributed by atoms with Gasteiger partial charge in [0.05, 0.1) is 0 Å². The molecule has 0 spiro atoms. The average molecular weight is 258 g/mol. The Labute approximate surface area is 101 Å². The minimum absolute atomic E-state index is 0.202. The van der Waals surface area contributed by atoms with Crippen LogP contribution >= 0.6 is 11.3 Å². The first kappa shape index (κ1) is 11.1. The highest BCUT2D eigenvalue weighted by Gasteiger charge is 2.41. The van der Waals surface area contributed by atoms with Crippen molar-refractivity contribution in [1.82, 2.24) is 0 Å². The molecule has 5 heteroatoms. The predicted octanol–water partition coefficient (Wildman–Crippen LogP) is 3.45. The van der Waals surface area contributed by atoms with Crippen molar-refractivity contribution in [1.29, 1.82) is 0 Å². The van der Waals surface area contributed by atoms with E-state index in [1.165, 1.54) is 11.3 Å². The highest BCUT2D eigenvalue weighted by atomic mass is 32.1. The monoisotopic (exact) mass is 258 g/mol. The molecule has 0 aromatic carbocycles. The largest absolute Gasteiger partial charge is 0.477 e. The number of rotatable bonds is 2. The highest BCUT2D eigenvalue weighted by molar-refractivity contribution is 7.14. The smallest absolute Gasteiger partial charge is 0.346 e. The van der Waals surface area contributed by atoms with Crippen LogP contribution in [0, 0.1) is 0 Å². The first-order valence-corrected chi connectivity index (χ1v) is 6.55. The van der Waals surface area contributed by atoms with Crippen molar-refractivity contribution < 1.29 is 18.7 Å². The van der Waals surface area contributed by atoms with Gasteiger partial charge in [0, 0.05) is 17.7 Å². The molecule has 0 unspecified atom stereocenters. The van der Waals surface area contributed by atoms with Crippen molar-refractivity contribution in [2.75, 3.05) is 0 Å². The molecule has 0 aliphatic heterocycles. The molecule has 92 valence electrons. The zero-order valence-corrected chi connectivity index (χ0v) is 9.95. The van der Waals surface area contributed by atoms with Gasteiger partial charge in [-0.25, -0.2) is 13.6 Å². The van der Waals surface area contributed by atoms with Crippen molar-refractivity contribution in [3.63, 3.8) is 0 Å². The Morgan fingerprint density at radius 3 is 2.65 bits per heavy atom.